The van der Waals surface area contributed by atoms with Gasteiger partial charge in [-0.3, -0.25) is 4.98 Å². The van der Waals surface area contributed by atoms with E-state index in [4.69, 9.17) is 4.74 Å². The maximum Gasteiger partial charge on any atom is 0.338 e. The maximum absolute atomic E-state index is 11.7. The first kappa shape index (κ1) is 12.5. The summed E-state index contributed by atoms with van der Waals surface area (Å²) < 4.78 is 4.74. The lowest BCUT2D eigenvalue weighted by molar-refractivity contribution is 0.0602. The van der Waals surface area contributed by atoms with Crippen molar-refractivity contribution < 1.29 is 14.6 Å². The average molecular weight is 245 g/mol. The van der Waals surface area contributed by atoms with E-state index in [1.807, 2.05) is 0 Å². The number of aromatic nitrogens is 1. The van der Waals surface area contributed by atoms with E-state index in [0.717, 1.165) is 5.56 Å². The molecule has 2 aromatic rings. The Hall–Kier alpha value is -1.94. The smallest absolute Gasteiger partial charge is 0.338 e. The normalized spacial score (nSPS) is 11.6. The summed E-state index contributed by atoms with van der Waals surface area (Å²) in [4.78, 5) is 15.9. The van der Waals surface area contributed by atoms with Crippen LogP contribution in [0, 0.1) is 0 Å². The molecule has 0 aliphatic carbocycles. The van der Waals surface area contributed by atoms with Gasteiger partial charge in [0.15, 0.2) is 0 Å². The summed E-state index contributed by atoms with van der Waals surface area (Å²) in [5.41, 5.74) is 0.921. The lowest BCUT2D eigenvalue weighted by atomic mass is 9.95. The van der Waals surface area contributed by atoms with Crippen molar-refractivity contribution in [1.29, 1.82) is 0 Å². The number of rotatable bonds is 2. The van der Waals surface area contributed by atoms with Crippen LogP contribution in [0.25, 0.3) is 10.9 Å². The van der Waals surface area contributed by atoms with E-state index in [-0.39, 0.29) is 0 Å². The van der Waals surface area contributed by atoms with Crippen molar-refractivity contribution in [1.82, 2.24) is 4.98 Å². The van der Waals surface area contributed by atoms with Crippen LogP contribution in [0.1, 0.15) is 29.8 Å². The van der Waals surface area contributed by atoms with Gasteiger partial charge in [-0.1, -0.05) is 6.07 Å². The van der Waals surface area contributed by atoms with Gasteiger partial charge in [0, 0.05) is 11.6 Å². The van der Waals surface area contributed by atoms with Crippen molar-refractivity contribution in [3.63, 3.8) is 0 Å². The van der Waals surface area contributed by atoms with E-state index >= 15 is 0 Å². The monoisotopic (exact) mass is 245 g/mol. The molecule has 0 atom stereocenters. The maximum atomic E-state index is 11.7. The Morgan fingerprint density at radius 1 is 1.33 bits per heavy atom. The summed E-state index contributed by atoms with van der Waals surface area (Å²) in [5.74, 6) is -0.407. The molecule has 1 N–H and O–H groups in total. The van der Waals surface area contributed by atoms with Crippen molar-refractivity contribution in [2.75, 3.05) is 7.11 Å². The molecule has 4 nitrogen and oxygen atoms in total. The molecule has 1 heterocycles. The first-order chi connectivity index (χ1) is 8.43. The number of carbonyl (C=O) groups is 1. The van der Waals surface area contributed by atoms with E-state index in [1.54, 1.807) is 44.3 Å². The van der Waals surface area contributed by atoms with Gasteiger partial charge in [-0.15, -0.1) is 0 Å². The molecule has 94 valence electrons. The molecule has 0 saturated heterocycles. The number of ether oxygens (including phenoxy) is 1. The molecule has 2 rings (SSSR count). The second-order valence-electron chi connectivity index (χ2n) is 4.64. The summed E-state index contributed by atoms with van der Waals surface area (Å²) in [6.07, 6.45) is 1.57. The van der Waals surface area contributed by atoms with Gasteiger partial charge >= 0.3 is 5.97 Å². The van der Waals surface area contributed by atoms with Crippen molar-refractivity contribution in [2.24, 2.45) is 0 Å². The number of hydrogen-bond donors (Lipinski definition) is 1. The minimum Gasteiger partial charge on any atom is -0.465 e. The number of esters is 1. The summed E-state index contributed by atoms with van der Waals surface area (Å²) in [6, 6.07) is 6.97. The standard InChI is InChI=1S/C14H15NO3/c1-14(2,17)9-4-5-12-11(8-9)10(6-7-15-12)13(16)18-3/h4-8,17H,1-3H3. The second kappa shape index (κ2) is 4.38. The molecule has 0 saturated carbocycles. The third-order valence-electron chi connectivity index (χ3n) is 2.85. The Kier molecular flexibility index (Phi) is 3.05. The molecule has 1 aromatic heterocycles. The number of aliphatic hydroxyl groups is 1. The van der Waals surface area contributed by atoms with Crippen LogP contribution in [-0.4, -0.2) is 23.2 Å². The first-order valence-electron chi connectivity index (χ1n) is 5.63. The van der Waals surface area contributed by atoms with Crippen LogP contribution in [0.3, 0.4) is 0 Å². The van der Waals surface area contributed by atoms with Crippen LogP contribution in [0.2, 0.25) is 0 Å². The van der Waals surface area contributed by atoms with Gasteiger partial charge in [0.1, 0.15) is 0 Å². The Morgan fingerprint density at radius 3 is 2.67 bits per heavy atom. The van der Waals surface area contributed by atoms with Crippen LogP contribution in [0.5, 0.6) is 0 Å². The van der Waals surface area contributed by atoms with Crippen molar-refractivity contribution in [3.05, 3.63) is 41.6 Å². The average Bonchev–Trinajstić information content (AvgIpc) is 2.35. The highest BCUT2D eigenvalue weighted by Crippen LogP contribution is 2.25. The Bertz CT molecular complexity index is 600. The topological polar surface area (TPSA) is 59.4 Å². The number of carbonyl (C=O) groups excluding carboxylic acids is 1. The predicted molar refractivity (Wildman–Crippen MR) is 68.3 cm³/mol. The second-order valence-corrected chi connectivity index (χ2v) is 4.64. The van der Waals surface area contributed by atoms with Gasteiger partial charge in [0.25, 0.3) is 0 Å². The number of nitrogens with zero attached hydrogens (tertiary/aromatic N) is 1. The molecule has 0 radical (unpaired) electrons. The molecule has 0 aliphatic heterocycles. The van der Waals surface area contributed by atoms with Gasteiger partial charge in [-0.2, -0.15) is 0 Å². The minimum atomic E-state index is -0.961. The number of pyridine rings is 1. The fourth-order valence-corrected chi connectivity index (χ4v) is 1.81. The summed E-state index contributed by atoms with van der Waals surface area (Å²) in [6.45, 7) is 3.39. The van der Waals surface area contributed by atoms with Gasteiger partial charge in [0.2, 0.25) is 0 Å². The van der Waals surface area contributed by atoms with Crippen molar-refractivity contribution in [3.8, 4) is 0 Å². The SMILES string of the molecule is COC(=O)c1ccnc2ccc(C(C)(C)O)cc12. The van der Waals surface area contributed by atoms with Crippen LogP contribution >= 0.6 is 0 Å². The van der Waals surface area contributed by atoms with Gasteiger partial charge in [0.05, 0.1) is 23.8 Å². The quantitative estimate of drug-likeness (QED) is 0.824. The molecule has 0 bridgehead atoms. The fraction of sp³-hybridized carbons (Fsp3) is 0.286. The zero-order valence-corrected chi connectivity index (χ0v) is 10.6. The minimum absolute atomic E-state index is 0.407. The number of fused-ring (bicyclic) bond motifs is 1. The fourth-order valence-electron chi connectivity index (χ4n) is 1.81. The summed E-state index contributed by atoms with van der Waals surface area (Å²) in [7, 11) is 1.34. The molecule has 0 spiro atoms. The molecular weight excluding hydrogens is 230 g/mol. The highest BCUT2D eigenvalue weighted by molar-refractivity contribution is 6.03. The number of benzene rings is 1. The Balaban J connectivity index is 2.70. The lowest BCUT2D eigenvalue weighted by Crippen LogP contribution is -2.15. The third-order valence-corrected chi connectivity index (χ3v) is 2.85. The highest BCUT2D eigenvalue weighted by atomic mass is 16.5. The Morgan fingerprint density at radius 2 is 2.06 bits per heavy atom. The molecule has 0 fully saturated rings. The van der Waals surface area contributed by atoms with E-state index in [9.17, 15) is 9.90 Å². The number of hydrogen-bond acceptors (Lipinski definition) is 4. The molecular formula is C14H15NO3. The molecule has 18 heavy (non-hydrogen) atoms. The summed E-state index contributed by atoms with van der Waals surface area (Å²) >= 11 is 0. The van der Waals surface area contributed by atoms with Crippen LogP contribution in [0.15, 0.2) is 30.5 Å². The highest BCUT2D eigenvalue weighted by Gasteiger charge is 2.18. The molecule has 0 unspecified atom stereocenters. The summed E-state index contributed by atoms with van der Waals surface area (Å²) in [5, 5.41) is 10.7. The molecule has 4 heteroatoms. The first-order valence-corrected chi connectivity index (χ1v) is 5.63. The van der Waals surface area contributed by atoms with Crippen molar-refractivity contribution >= 4 is 16.9 Å². The van der Waals surface area contributed by atoms with Gasteiger partial charge in [-0.05, 0) is 37.6 Å². The van der Waals surface area contributed by atoms with E-state index in [0.29, 0.717) is 16.5 Å². The van der Waals surface area contributed by atoms with E-state index < -0.39 is 11.6 Å². The largest absolute Gasteiger partial charge is 0.465 e. The Labute approximate surface area is 105 Å². The van der Waals surface area contributed by atoms with Crippen molar-refractivity contribution in [2.45, 2.75) is 19.4 Å². The van der Waals surface area contributed by atoms with Crippen LogP contribution < -0.4 is 0 Å². The van der Waals surface area contributed by atoms with Gasteiger partial charge in [-0.25, -0.2) is 4.79 Å². The van der Waals surface area contributed by atoms with E-state index in [1.165, 1.54) is 7.11 Å². The van der Waals surface area contributed by atoms with Crippen LogP contribution in [-0.2, 0) is 10.3 Å². The zero-order valence-electron chi connectivity index (χ0n) is 10.6. The number of methoxy groups -OCH3 is 1. The zero-order chi connectivity index (χ0) is 13.3. The molecule has 1 aromatic carbocycles. The third kappa shape index (κ3) is 2.19. The lowest BCUT2D eigenvalue weighted by Gasteiger charge is -2.18. The predicted octanol–water partition coefficient (Wildman–Crippen LogP) is 2.25. The van der Waals surface area contributed by atoms with Gasteiger partial charge < -0.3 is 9.84 Å². The van der Waals surface area contributed by atoms with Crippen LogP contribution in [0.4, 0.5) is 0 Å². The molecule has 0 aliphatic rings. The van der Waals surface area contributed by atoms with E-state index in [2.05, 4.69) is 4.98 Å². The molecule has 0 amide bonds.